The van der Waals surface area contributed by atoms with Gasteiger partial charge in [0.1, 0.15) is 0 Å². The number of para-hydroxylation sites is 1. The summed E-state index contributed by atoms with van der Waals surface area (Å²) in [7, 11) is 0. The Hall–Kier alpha value is -2.04. The van der Waals surface area contributed by atoms with Crippen molar-refractivity contribution in [1.82, 2.24) is 5.32 Å². The van der Waals surface area contributed by atoms with Crippen molar-refractivity contribution in [2.75, 3.05) is 5.32 Å². The van der Waals surface area contributed by atoms with Crippen LogP contribution in [0.15, 0.2) is 54.7 Å². The normalized spacial score (nSPS) is 10.4. The number of hydrogen-bond acceptors (Lipinski definition) is 2. The van der Waals surface area contributed by atoms with Gasteiger partial charge in [-0.25, -0.2) is 0 Å². The van der Waals surface area contributed by atoms with Crippen LogP contribution in [-0.4, -0.2) is 10.2 Å². The van der Waals surface area contributed by atoms with Crippen molar-refractivity contribution >= 4 is 40.7 Å². The average molecular weight is 305 g/mol. The highest BCUT2D eigenvalue weighted by Crippen LogP contribution is 2.30. The van der Waals surface area contributed by atoms with Gasteiger partial charge in [0.15, 0.2) is 10.9 Å². The maximum Gasteiger partial charge on any atom is 0.174 e. The Morgan fingerprint density at radius 3 is 2.60 bits per heavy atom. The van der Waals surface area contributed by atoms with Crippen LogP contribution in [0.25, 0.3) is 6.08 Å². The van der Waals surface area contributed by atoms with Crippen molar-refractivity contribution in [2.45, 2.75) is 0 Å². The Morgan fingerprint density at radius 2 is 1.85 bits per heavy atom. The van der Waals surface area contributed by atoms with E-state index in [4.69, 9.17) is 23.8 Å². The Kier molecular flexibility index (Phi) is 4.98. The number of halogens is 1. The van der Waals surface area contributed by atoms with Crippen LogP contribution in [0.1, 0.15) is 5.56 Å². The maximum absolute atomic E-state index is 9.75. The van der Waals surface area contributed by atoms with Crippen LogP contribution < -0.4 is 10.6 Å². The molecular formula is C15H13ClN2OS. The first-order valence-corrected chi connectivity index (χ1v) is 6.72. The Balaban J connectivity index is 1.93. The first-order chi connectivity index (χ1) is 9.66. The zero-order valence-corrected chi connectivity index (χ0v) is 12.1. The smallest absolute Gasteiger partial charge is 0.174 e. The van der Waals surface area contributed by atoms with Gasteiger partial charge in [-0.15, -0.1) is 0 Å². The maximum atomic E-state index is 9.75. The van der Waals surface area contributed by atoms with Gasteiger partial charge < -0.3 is 15.7 Å². The number of nitrogens with one attached hydrogen (secondary N) is 2. The molecule has 102 valence electrons. The number of hydrogen-bond donors (Lipinski definition) is 3. The van der Waals surface area contributed by atoms with Gasteiger partial charge in [0.05, 0.1) is 10.7 Å². The topological polar surface area (TPSA) is 44.3 Å². The third kappa shape index (κ3) is 3.98. The second kappa shape index (κ2) is 6.93. The molecule has 0 aliphatic heterocycles. The summed E-state index contributed by atoms with van der Waals surface area (Å²) < 4.78 is 0. The summed E-state index contributed by atoms with van der Waals surface area (Å²) in [6, 6.07) is 14.9. The van der Waals surface area contributed by atoms with E-state index in [-0.39, 0.29) is 10.8 Å². The molecule has 0 radical (unpaired) electrons. The lowest BCUT2D eigenvalue weighted by Crippen LogP contribution is -2.23. The lowest BCUT2D eigenvalue weighted by molar-refractivity contribution is 0.478. The number of benzene rings is 2. The van der Waals surface area contributed by atoms with E-state index in [1.807, 2.05) is 36.4 Å². The quantitative estimate of drug-likeness (QED) is 0.592. The molecule has 0 aliphatic rings. The largest absolute Gasteiger partial charge is 0.504 e. The van der Waals surface area contributed by atoms with Gasteiger partial charge >= 0.3 is 0 Å². The number of rotatable bonds is 3. The monoisotopic (exact) mass is 304 g/mol. The second-order valence-electron chi connectivity index (χ2n) is 3.98. The molecular weight excluding hydrogens is 292 g/mol. The molecule has 3 nitrogen and oxygen atoms in total. The molecule has 0 amide bonds. The molecule has 0 atom stereocenters. The first kappa shape index (κ1) is 14.4. The van der Waals surface area contributed by atoms with Crippen molar-refractivity contribution in [3.05, 3.63) is 65.3 Å². The van der Waals surface area contributed by atoms with Gasteiger partial charge in [-0.2, -0.15) is 0 Å². The minimum absolute atomic E-state index is 0.0228. The van der Waals surface area contributed by atoms with E-state index in [0.717, 1.165) is 5.56 Å². The number of phenolic OH excluding ortho intramolecular Hbond substituents is 1. The summed E-state index contributed by atoms with van der Waals surface area (Å²) in [6.07, 6.45) is 3.62. The van der Waals surface area contributed by atoms with Gasteiger partial charge in [-0.1, -0.05) is 48.0 Å². The fraction of sp³-hybridized carbons (Fsp3) is 0. The highest BCUT2D eigenvalue weighted by atomic mass is 35.5. The fourth-order valence-corrected chi connectivity index (χ4v) is 1.90. The van der Waals surface area contributed by atoms with Gasteiger partial charge in [0.2, 0.25) is 0 Å². The van der Waals surface area contributed by atoms with Gasteiger partial charge in [-0.3, -0.25) is 0 Å². The van der Waals surface area contributed by atoms with Crippen LogP contribution in [-0.2, 0) is 0 Å². The molecule has 20 heavy (non-hydrogen) atoms. The Labute approximate surface area is 127 Å². The van der Waals surface area contributed by atoms with E-state index >= 15 is 0 Å². The number of anilines is 1. The van der Waals surface area contributed by atoms with Crippen LogP contribution in [0.3, 0.4) is 0 Å². The Bertz CT molecular complexity index is 629. The van der Waals surface area contributed by atoms with Crippen LogP contribution >= 0.6 is 23.8 Å². The summed E-state index contributed by atoms with van der Waals surface area (Å²) in [6.45, 7) is 0. The zero-order chi connectivity index (χ0) is 14.4. The fourth-order valence-electron chi connectivity index (χ4n) is 1.55. The van der Waals surface area contributed by atoms with E-state index in [1.165, 1.54) is 0 Å². The highest BCUT2D eigenvalue weighted by Gasteiger charge is 2.05. The molecule has 3 N–H and O–H groups in total. The van der Waals surface area contributed by atoms with Crippen LogP contribution in [0, 0.1) is 0 Å². The number of phenols is 1. The summed E-state index contributed by atoms with van der Waals surface area (Å²) in [5, 5.41) is 16.2. The molecule has 0 saturated heterocycles. The average Bonchev–Trinajstić information content (AvgIpc) is 2.45. The van der Waals surface area contributed by atoms with Crippen molar-refractivity contribution in [1.29, 1.82) is 0 Å². The molecule has 0 fully saturated rings. The summed E-state index contributed by atoms with van der Waals surface area (Å²) >= 11 is 10.9. The molecule has 0 spiro atoms. The summed E-state index contributed by atoms with van der Waals surface area (Å²) in [5.41, 5.74) is 1.52. The van der Waals surface area contributed by atoms with Crippen LogP contribution in [0.4, 0.5) is 5.69 Å². The molecule has 2 rings (SSSR count). The van der Waals surface area contributed by atoms with Crippen LogP contribution in [0.2, 0.25) is 5.02 Å². The molecule has 0 heterocycles. The minimum atomic E-state index is -0.0228. The van der Waals surface area contributed by atoms with Crippen LogP contribution in [0.5, 0.6) is 5.75 Å². The van der Waals surface area contributed by atoms with Crippen molar-refractivity contribution in [2.24, 2.45) is 0 Å². The summed E-state index contributed by atoms with van der Waals surface area (Å²) in [5.74, 6) is -0.0228. The lowest BCUT2D eigenvalue weighted by atomic mass is 10.2. The third-order valence-corrected chi connectivity index (χ3v) is 3.05. The molecule has 0 bridgehead atoms. The van der Waals surface area contributed by atoms with E-state index in [0.29, 0.717) is 10.8 Å². The highest BCUT2D eigenvalue weighted by molar-refractivity contribution is 7.80. The van der Waals surface area contributed by atoms with Gasteiger partial charge in [0.25, 0.3) is 0 Å². The van der Waals surface area contributed by atoms with E-state index in [2.05, 4.69) is 10.6 Å². The lowest BCUT2D eigenvalue weighted by Gasteiger charge is -2.09. The molecule has 2 aromatic carbocycles. The predicted octanol–water partition coefficient (Wildman–Crippen LogP) is 4.00. The second-order valence-corrected chi connectivity index (χ2v) is 4.79. The van der Waals surface area contributed by atoms with Crippen molar-refractivity contribution in [3.8, 4) is 5.75 Å². The van der Waals surface area contributed by atoms with Gasteiger partial charge in [0, 0.05) is 6.20 Å². The molecule has 0 saturated carbocycles. The van der Waals surface area contributed by atoms with E-state index < -0.39 is 0 Å². The van der Waals surface area contributed by atoms with Gasteiger partial charge in [-0.05, 0) is 36.0 Å². The third-order valence-electron chi connectivity index (χ3n) is 2.52. The SMILES string of the molecule is Oc1c(Cl)cccc1NC(=S)NC=Cc1ccccc1. The van der Waals surface area contributed by atoms with Crippen molar-refractivity contribution in [3.63, 3.8) is 0 Å². The first-order valence-electron chi connectivity index (χ1n) is 5.93. The summed E-state index contributed by atoms with van der Waals surface area (Å²) in [4.78, 5) is 0. The number of aromatic hydroxyl groups is 1. The predicted molar refractivity (Wildman–Crippen MR) is 87.9 cm³/mol. The molecule has 2 aromatic rings. The molecule has 5 heteroatoms. The zero-order valence-electron chi connectivity index (χ0n) is 10.5. The van der Waals surface area contributed by atoms with E-state index in [1.54, 1.807) is 24.4 Å². The standard InChI is InChI=1S/C15H13ClN2OS/c16-12-7-4-8-13(14(12)19)18-15(20)17-10-9-11-5-2-1-3-6-11/h1-10,19H,(H2,17,18,20). The molecule has 0 aromatic heterocycles. The van der Waals surface area contributed by atoms with Crippen molar-refractivity contribution < 1.29 is 5.11 Å². The molecule has 0 aliphatic carbocycles. The number of thiocarbonyl (C=S) groups is 1. The minimum Gasteiger partial charge on any atom is -0.504 e. The van der Waals surface area contributed by atoms with E-state index in [9.17, 15) is 5.11 Å². The molecule has 0 unspecified atom stereocenters. The Morgan fingerprint density at radius 1 is 1.10 bits per heavy atom.